The largest absolute Gasteiger partial charge is 0.478 e. The van der Waals surface area contributed by atoms with Crippen molar-refractivity contribution in [2.45, 2.75) is 20.4 Å². The van der Waals surface area contributed by atoms with E-state index < -0.39 is 18.0 Å². The van der Waals surface area contributed by atoms with Crippen LogP contribution in [-0.2, 0) is 16.0 Å². The second-order valence-corrected chi connectivity index (χ2v) is 4.15. The average molecular weight is 295 g/mol. The number of rotatable bonds is 5. The summed E-state index contributed by atoms with van der Waals surface area (Å²) < 4.78 is 9.36. The molecule has 0 aromatic heterocycles. The van der Waals surface area contributed by atoms with E-state index in [2.05, 4.69) is 10.1 Å². The van der Waals surface area contributed by atoms with E-state index in [1.54, 1.807) is 19.9 Å². The van der Waals surface area contributed by atoms with E-state index in [0.29, 0.717) is 11.1 Å². The molecule has 0 heterocycles. The Hall–Kier alpha value is -2.57. The number of alkyl carbamates (subject to hydrolysis) is 1. The minimum absolute atomic E-state index is 0.0315. The van der Waals surface area contributed by atoms with Gasteiger partial charge in [0, 0.05) is 6.54 Å². The number of ether oxygens (including phenoxy) is 2. The second kappa shape index (κ2) is 7.28. The maximum atomic E-state index is 11.9. The summed E-state index contributed by atoms with van der Waals surface area (Å²) in [5, 5.41) is 11.6. The molecule has 0 aliphatic carbocycles. The summed E-state index contributed by atoms with van der Waals surface area (Å²) >= 11 is 0. The van der Waals surface area contributed by atoms with E-state index >= 15 is 0 Å². The van der Waals surface area contributed by atoms with Crippen molar-refractivity contribution in [2.24, 2.45) is 0 Å². The lowest BCUT2D eigenvalue weighted by molar-refractivity contribution is 0.0580. The van der Waals surface area contributed by atoms with Gasteiger partial charge in [-0.05, 0) is 31.0 Å². The van der Waals surface area contributed by atoms with Crippen LogP contribution in [0, 0.1) is 6.92 Å². The predicted molar refractivity (Wildman–Crippen MR) is 73.3 cm³/mol. The molecular formula is C14H17NO6. The number of carbonyl (C=O) groups is 3. The Labute approximate surface area is 121 Å². The lowest BCUT2D eigenvalue weighted by atomic mass is 9.96. The number of methoxy groups -OCH3 is 1. The number of aromatic carboxylic acids is 1. The fourth-order valence-corrected chi connectivity index (χ4v) is 1.84. The molecule has 114 valence electrons. The fraction of sp³-hybridized carbons (Fsp3) is 0.357. The minimum atomic E-state index is -1.24. The Morgan fingerprint density at radius 2 is 1.95 bits per heavy atom. The van der Waals surface area contributed by atoms with Gasteiger partial charge in [-0.2, -0.15) is 0 Å². The van der Waals surface area contributed by atoms with E-state index in [-0.39, 0.29) is 24.3 Å². The molecule has 0 saturated heterocycles. The number of carbonyl (C=O) groups excluding carboxylic acids is 2. The van der Waals surface area contributed by atoms with Gasteiger partial charge in [0.15, 0.2) is 0 Å². The smallest absolute Gasteiger partial charge is 0.407 e. The molecule has 0 aliphatic rings. The predicted octanol–water partition coefficient (Wildman–Crippen LogP) is 1.73. The lowest BCUT2D eigenvalue weighted by Gasteiger charge is -2.14. The van der Waals surface area contributed by atoms with Crippen LogP contribution in [-0.4, -0.2) is 36.9 Å². The molecule has 0 atom stereocenters. The van der Waals surface area contributed by atoms with Crippen molar-refractivity contribution in [1.82, 2.24) is 5.32 Å². The standard InChI is InChI=1S/C14H17NO6/c1-4-21-14(19)15-7-10-8(2)5-6-9(12(16)17)11(10)13(18)20-3/h5-6H,4,7H2,1-3H3,(H,15,19)(H,16,17). The van der Waals surface area contributed by atoms with Crippen LogP contribution in [0.15, 0.2) is 12.1 Å². The highest BCUT2D eigenvalue weighted by Gasteiger charge is 2.23. The van der Waals surface area contributed by atoms with Gasteiger partial charge in [-0.3, -0.25) is 0 Å². The first kappa shape index (κ1) is 16.5. The van der Waals surface area contributed by atoms with Crippen molar-refractivity contribution < 1.29 is 29.0 Å². The molecule has 0 aliphatic heterocycles. The zero-order chi connectivity index (χ0) is 16.0. The van der Waals surface area contributed by atoms with Crippen molar-refractivity contribution in [2.75, 3.05) is 13.7 Å². The topological polar surface area (TPSA) is 102 Å². The number of carboxylic acid groups (broad SMARTS) is 1. The Morgan fingerprint density at radius 3 is 2.48 bits per heavy atom. The van der Waals surface area contributed by atoms with Crippen LogP contribution >= 0.6 is 0 Å². The van der Waals surface area contributed by atoms with Gasteiger partial charge in [-0.1, -0.05) is 6.07 Å². The molecule has 0 bridgehead atoms. The van der Waals surface area contributed by atoms with Crippen molar-refractivity contribution in [3.63, 3.8) is 0 Å². The summed E-state index contributed by atoms with van der Waals surface area (Å²) in [6, 6.07) is 2.90. The van der Waals surface area contributed by atoms with Gasteiger partial charge in [0.05, 0.1) is 24.8 Å². The van der Waals surface area contributed by atoms with E-state index in [4.69, 9.17) is 9.84 Å². The Bertz CT molecular complexity index is 567. The summed E-state index contributed by atoms with van der Waals surface area (Å²) in [6.45, 7) is 3.55. The highest BCUT2D eigenvalue weighted by molar-refractivity contribution is 6.03. The molecule has 1 amide bonds. The molecule has 2 N–H and O–H groups in total. The van der Waals surface area contributed by atoms with Gasteiger partial charge in [-0.15, -0.1) is 0 Å². The number of amides is 1. The SMILES string of the molecule is CCOC(=O)NCc1c(C)ccc(C(=O)O)c1C(=O)OC. The molecule has 0 radical (unpaired) electrons. The number of esters is 1. The fourth-order valence-electron chi connectivity index (χ4n) is 1.84. The zero-order valence-corrected chi connectivity index (χ0v) is 12.1. The maximum absolute atomic E-state index is 11.9. The van der Waals surface area contributed by atoms with E-state index in [9.17, 15) is 14.4 Å². The molecule has 21 heavy (non-hydrogen) atoms. The van der Waals surface area contributed by atoms with Gasteiger partial charge in [0.25, 0.3) is 0 Å². The molecule has 0 saturated carbocycles. The van der Waals surface area contributed by atoms with Crippen LogP contribution < -0.4 is 5.32 Å². The number of hydrogen-bond acceptors (Lipinski definition) is 5. The summed E-state index contributed by atoms with van der Waals surface area (Å²) in [5.41, 5.74) is 0.807. The van der Waals surface area contributed by atoms with Crippen molar-refractivity contribution >= 4 is 18.0 Å². The molecule has 1 aromatic rings. The molecule has 0 spiro atoms. The van der Waals surface area contributed by atoms with Crippen molar-refractivity contribution in [1.29, 1.82) is 0 Å². The summed E-state index contributed by atoms with van der Waals surface area (Å²) in [6.07, 6.45) is -0.645. The molecule has 7 nitrogen and oxygen atoms in total. The first-order chi connectivity index (χ1) is 9.92. The van der Waals surface area contributed by atoms with Crippen molar-refractivity contribution in [3.8, 4) is 0 Å². The zero-order valence-electron chi connectivity index (χ0n) is 12.1. The molecular weight excluding hydrogens is 278 g/mol. The molecule has 1 aromatic carbocycles. The number of benzene rings is 1. The van der Waals surface area contributed by atoms with Gasteiger partial charge < -0.3 is 19.9 Å². The van der Waals surface area contributed by atoms with Gasteiger partial charge in [0.2, 0.25) is 0 Å². The van der Waals surface area contributed by atoms with E-state index in [0.717, 1.165) is 0 Å². The monoisotopic (exact) mass is 295 g/mol. The number of aryl methyl sites for hydroxylation is 1. The van der Waals surface area contributed by atoms with Crippen LogP contribution in [0.4, 0.5) is 4.79 Å². The molecule has 0 fully saturated rings. The normalized spacial score (nSPS) is 9.86. The maximum Gasteiger partial charge on any atom is 0.407 e. The Morgan fingerprint density at radius 1 is 1.29 bits per heavy atom. The van der Waals surface area contributed by atoms with E-state index in [1.165, 1.54) is 13.2 Å². The third-order valence-corrected chi connectivity index (χ3v) is 2.85. The lowest BCUT2D eigenvalue weighted by Crippen LogP contribution is -2.26. The van der Waals surface area contributed by atoms with Crippen LogP contribution in [0.2, 0.25) is 0 Å². The minimum Gasteiger partial charge on any atom is -0.478 e. The highest BCUT2D eigenvalue weighted by atomic mass is 16.5. The van der Waals surface area contributed by atoms with Crippen molar-refractivity contribution in [3.05, 3.63) is 34.4 Å². The molecule has 7 heteroatoms. The molecule has 0 unspecified atom stereocenters. The second-order valence-electron chi connectivity index (χ2n) is 4.15. The summed E-state index contributed by atoms with van der Waals surface area (Å²) in [7, 11) is 1.17. The third-order valence-electron chi connectivity index (χ3n) is 2.85. The quantitative estimate of drug-likeness (QED) is 0.802. The Kier molecular flexibility index (Phi) is 5.71. The third kappa shape index (κ3) is 3.95. The first-order valence-corrected chi connectivity index (χ1v) is 6.27. The van der Waals surface area contributed by atoms with Crippen LogP contribution in [0.3, 0.4) is 0 Å². The number of hydrogen-bond donors (Lipinski definition) is 2. The van der Waals surface area contributed by atoms with E-state index in [1.807, 2.05) is 0 Å². The first-order valence-electron chi connectivity index (χ1n) is 6.27. The van der Waals surface area contributed by atoms with Gasteiger partial charge in [0.1, 0.15) is 0 Å². The van der Waals surface area contributed by atoms with Crippen LogP contribution in [0.25, 0.3) is 0 Å². The summed E-state index contributed by atoms with van der Waals surface area (Å²) in [4.78, 5) is 34.4. The van der Waals surface area contributed by atoms with Crippen LogP contribution in [0.5, 0.6) is 0 Å². The van der Waals surface area contributed by atoms with Gasteiger partial charge in [-0.25, -0.2) is 14.4 Å². The molecule has 1 rings (SSSR count). The Balaban J connectivity index is 3.21. The highest BCUT2D eigenvalue weighted by Crippen LogP contribution is 2.20. The van der Waals surface area contributed by atoms with Crippen LogP contribution in [0.1, 0.15) is 38.8 Å². The number of nitrogens with one attached hydrogen (secondary N) is 1. The summed E-state index contributed by atoms with van der Waals surface area (Å²) in [5.74, 6) is -2.01. The van der Waals surface area contributed by atoms with Gasteiger partial charge >= 0.3 is 18.0 Å². The number of carboxylic acids is 1. The average Bonchev–Trinajstić information content (AvgIpc) is 2.44.